The predicted molar refractivity (Wildman–Crippen MR) is 36.0 cm³/mol. The summed E-state index contributed by atoms with van der Waals surface area (Å²) < 4.78 is 0. The Labute approximate surface area is 55.3 Å². The third kappa shape index (κ3) is 0.246. The van der Waals surface area contributed by atoms with E-state index >= 15 is 0 Å². The van der Waals surface area contributed by atoms with Crippen molar-refractivity contribution < 1.29 is 0 Å². The molecule has 2 fully saturated rings. The van der Waals surface area contributed by atoms with Crippen molar-refractivity contribution in [3.63, 3.8) is 0 Å². The normalized spacial score (nSPS) is 50.6. The van der Waals surface area contributed by atoms with Crippen LogP contribution in [0.15, 0.2) is 16.9 Å². The standard InChI is InChI=1S/C9H10/c1-6-7-4-8-2-3-9(6,8)5-7/h6H,2-3,5H2,1H3/t6?,9-/m1/s1. The second-order valence-electron chi connectivity index (χ2n) is 3.68. The highest BCUT2D eigenvalue weighted by molar-refractivity contribution is 5.46. The molecule has 0 nitrogen and oxygen atoms in total. The molecular formula is C9H10. The van der Waals surface area contributed by atoms with Crippen LogP contribution in [0.2, 0.25) is 0 Å². The van der Waals surface area contributed by atoms with E-state index in [1.807, 2.05) is 0 Å². The van der Waals surface area contributed by atoms with Crippen molar-refractivity contribution in [1.82, 2.24) is 0 Å². The van der Waals surface area contributed by atoms with Crippen molar-refractivity contribution in [1.29, 1.82) is 0 Å². The minimum absolute atomic E-state index is 0.704. The summed E-state index contributed by atoms with van der Waals surface area (Å²) >= 11 is 0. The minimum Gasteiger partial charge on any atom is -0.122 e. The van der Waals surface area contributed by atoms with Gasteiger partial charge in [-0.3, -0.25) is 0 Å². The Hall–Kier alpha value is -0.480. The summed E-state index contributed by atoms with van der Waals surface area (Å²) in [5.41, 5.74) is 7.48. The number of hydrogen-bond donors (Lipinski definition) is 0. The first kappa shape index (κ1) is 4.35. The van der Waals surface area contributed by atoms with E-state index in [1.165, 1.54) is 19.3 Å². The maximum absolute atomic E-state index is 3.50. The molecule has 0 aromatic carbocycles. The third-order valence-electron chi connectivity index (χ3n) is 3.59. The van der Waals surface area contributed by atoms with E-state index in [-0.39, 0.29) is 0 Å². The van der Waals surface area contributed by atoms with Crippen LogP contribution in [0.3, 0.4) is 0 Å². The van der Waals surface area contributed by atoms with Crippen LogP contribution < -0.4 is 0 Å². The molecule has 0 N–H and O–H groups in total. The topological polar surface area (TPSA) is 0 Å². The molecule has 2 bridgehead atoms. The molecule has 1 unspecified atom stereocenters. The summed E-state index contributed by atoms with van der Waals surface area (Å²) in [6, 6.07) is 0. The van der Waals surface area contributed by atoms with Crippen molar-refractivity contribution >= 4 is 0 Å². The Morgan fingerprint density at radius 3 is 2.78 bits per heavy atom. The molecule has 0 aromatic heterocycles. The van der Waals surface area contributed by atoms with Gasteiger partial charge in [-0.05, 0) is 36.3 Å². The van der Waals surface area contributed by atoms with Crippen LogP contribution in [-0.2, 0) is 0 Å². The number of hydrogen-bond acceptors (Lipinski definition) is 0. The van der Waals surface area contributed by atoms with Crippen molar-refractivity contribution in [2.45, 2.75) is 26.2 Å². The van der Waals surface area contributed by atoms with Gasteiger partial charge in [0.25, 0.3) is 0 Å². The molecule has 0 heteroatoms. The monoisotopic (exact) mass is 118 g/mol. The van der Waals surface area contributed by atoms with E-state index in [0.29, 0.717) is 5.41 Å². The summed E-state index contributed by atoms with van der Waals surface area (Å²) in [4.78, 5) is 0. The smallest absolute Gasteiger partial charge is 0.0103 e. The molecular weight excluding hydrogens is 108 g/mol. The summed E-state index contributed by atoms with van der Waals surface area (Å²) in [5.74, 6) is 0.890. The quantitative estimate of drug-likeness (QED) is 0.428. The van der Waals surface area contributed by atoms with Crippen molar-refractivity contribution in [2.75, 3.05) is 0 Å². The molecule has 0 aliphatic heterocycles. The highest BCUT2D eigenvalue weighted by Crippen LogP contribution is 2.68. The summed E-state index contributed by atoms with van der Waals surface area (Å²) in [5, 5.41) is 0. The van der Waals surface area contributed by atoms with Crippen LogP contribution in [0.5, 0.6) is 0 Å². The molecule has 9 heavy (non-hydrogen) atoms. The first-order valence-corrected chi connectivity index (χ1v) is 3.82. The van der Waals surface area contributed by atoms with E-state index in [0.717, 1.165) is 5.92 Å². The van der Waals surface area contributed by atoms with Gasteiger partial charge in [0.15, 0.2) is 0 Å². The van der Waals surface area contributed by atoms with Crippen molar-refractivity contribution in [2.24, 2.45) is 11.3 Å². The summed E-state index contributed by atoms with van der Waals surface area (Å²) in [6.07, 6.45) is 4.19. The molecule has 0 aromatic rings. The van der Waals surface area contributed by atoms with E-state index in [4.69, 9.17) is 0 Å². The lowest BCUT2D eigenvalue weighted by molar-refractivity contribution is 0.113. The van der Waals surface area contributed by atoms with Gasteiger partial charge in [-0.15, -0.1) is 5.73 Å². The molecule has 46 valence electrons. The lowest BCUT2D eigenvalue weighted by Gasteiger charge is -2.52. The Morgan fingerprint density at radius 2 is 2.56 bits per heavy atom. The van der Waals surface area contributed by atoms with Gasteiger partial charge in [-0.2, -0.15) is 0 Å². The molecule has 2 saturated carbocycles. The Kier molecular flexibility index (Phi) is 0.451. The SMILES string of the molecule is CC1C2=C=C3CC[C@]31C2. The second kappa shape index (κ2) is 0.932. The maximum Gasteiger partial charge on any atom is 0.0103 e. The molecule has 2 atom stereocenters. The molecule has 4 rings (SSSR count). The summed E-state index contributed by atoms with van der Waals surface area (Å²) in [7, 11) is 0. The van der Waals surface area contributed by atoms with E-state index in [9.17, 15) is 0 Å². The van der Waals surface area contributed by atoms with Crippen molar-refractivity contribution in [3.05, 3.63) is 16.9 Å². The second-order valence-corrected chi connectivity index (χ2v) is 3.68. The van der Waals surface area contributed by atoms with Gasteiger partial charge in [0, 0.05) is 5.41 Å². The van der Waals surface area contributed by atoms with Crippen LogP contribution in [0, 0.1) is 11.3 Å². The Bertz CT molecular complexity index is 251. The van der Waals surface area contributed by atoms with Gasteiger partial charge in [-0.25, -0.2) is 0 Å². The van der Waals surface area contributed by atoms with Crippen LogP contribution in [0.4, 0.5) is 0 Å². The fraction of sp³-hybridized carbons (Fsp3) is 0.667. The molecule has 0 amide bonds. The predicted octanol–water partition coefficient (Wildman–Crippen LogP) is 2.27. The van der Waals surface area contributed by atoms with Crippen molar-refractivity contribution in [3.8, 4) is 0 Å². The van der Waals surface area contributed by atoms with E-state index in [1.54, 1.807) is 11.1 Å². The fourth-order valence-electron chi connectivity index (χ4n) is 2.63. The average Bonchev–Trinajstić information content (AvgIpc) is 2.12. The van der Waals surface area contributed by atoms with Gasteiger partial charge in [0.2, 0.25) is 0 Å². The van der Waals surface area contributed by atoms with E-state index < -0.39 is 0 Å². The Morgan fingerprint density at radius 1 is 1.67 bits per heavy atom. The van der Waals surface area contributed by atoms with Crippen LogP contribution in [0.25, 0.3) is 0 Å². The lowest BCUT2D eigenvalue weighted by Crippen LogP contribution is -2.43. The van der Waals surface area contributed by atoms with Crippen LogP contribution >= 0.6 is 0 Å². The van der Waals surface area contributed by atoms with Gasteiger partial charge in [0.05, 0.1) is 0 Å². The lowest BCUT2D eigenvalue weighted by atomic mass is 9.50. The van der Waals surface area contributed by atoms with Gasteiger partial charge in [0.1, 0.15) is 0 Å². The zero-order chi connectivity index (χ0) is 6.06. The molecule has 1 spiro atoms. The highest BCUT2D eigenvalue weighted by atomic mass is 14.6. The number of allylic oxidation sites excluding steroid dienone is 1. The summed E-state index contributed by atoms with van der Waals surface area (Å²) in [6.45, 7) is 2.36. The highest BCUT2D eigenvalue weighted by Gasteiger charge is 2.58. The average molecular weight is 118 g/mol. The molecule has 4 aliphatic carbocycles. The maximum atomic E-state index is 3.50. The zero-order valence-electron chi connectivity index (χ0n) is 5.70. The zero-order valence-corrected chi connectivity index (χ0v) is 5.70. The number of rotatable bonds is 0. The van der Waals surface area contributed by atoms with Gasteiger partial charge in [-0.1, -0.05) is 6.92 Å². The minimum atomic E-state index is 0.704. The first-order chi connectivity index (χ1) is 4.33. The Balaban J connectivity index is 2.23. The third-order valence-corrected chi connectivity index (χ3v) is 3.59. The molecule has 0 heterocycles. The molecule has 4 aliphatic rings. The molecule has 0 radical (unpaired) electrons. The van der Waals surface area contributed by atoms with Crippen LogP contribution in [0.1, 0.15) is 26.2 Å². The largest absolute Gasteiger partial charge is 0.122 e. The fourth-order valence-corrected chi connectivity index (χ4v) is 2.63. The van der Waals surface area contributed by atoms with Gasteiger partial charge >= 0.3 is 0 Å². The first-order valence-electron chi connectivity index (χ1n) is 3.82. The molecule has 0 saturated heterocycles. The van der Waals surface area contributed by atoms with Gasteiger partial charge < -0.3 is 0 Å². The van der Waals surface area contributed by atoms with E-state index in [2.05, 4.69) is 12.7 Å². The van der Waals surface area contributed by atoms with Crippen LogP contribution in [-0.4, -0.2) is 0 Å².